The number of hydrogen-bond acceptors (Lipinski definition) is 4. The van der Waals surface area contributed by atoms with E-state index in [1.165, 1.54) is 10.9 Å². The third-order valence-electron chi connectivity index (χ3n) is 4.75. The number of benzene rings is 1. The maximum atomic E-state index is 14.3. The molecule has 27 heavy (non-hydrogen) atoms. The van der Waals surface area contributed by atoms with Gasteiger partial charge >= 0.3 is 0 Å². The summed E-state index contributed by atoms with van der Waals surface area (Å²) in [6.45, 7) is 3.46. The summed E-state index contributed by atoms with van der Waals surface area (Å²) >= 11 is 1.69. The highest BCUT2D eigenvalue weighted by atomic mass is 32.1. The van der Waals surface area contributed by atoms with Crippen molar-refractivity contribution in [3.63, 3.8) is 0 Å². The Balaban J connectivity index is 1.64. The van der Waals surface area contributed by atoms with Gasteiger partial charge in [0.15, 0.2) is 0 Å². The van der Waals surface area contributed by atoms with Crippen molar-refractivity contribution in [2.24, 2.45) is 5.10 Å². The zero-order valence-corrected chi connectivity index (χ0v) is 16.5. The summed E-state index contributed by atoms with van der Waals surface area (Å²) in [6, 6.07) is 10.7. The van der Waals surface area contributed by atoms with Gasteiger partial charge in [0.05, 0.1) is 6.04 Å². The van der Waals surface area contributed by atoms with Crippen molar-refractivity contribution in [1.82, 2.24) is 10.3 Å². The molecule has 2 aromatic rings. The van der Waals surface area contributed by atoms with E-state index in [2.05, 4.69) is 23.4 Å². The summed E-state index contributed by atoms with van der Waals surface area (Å²) in [5.41, 5.74) is 1.10. The molecule has 0 spiro atoms. The Morgan fingerprint density at radius 1 is 1.30 bits per heavy atom. The SMILES string of the molecule is CCCCCN1N=C(C(=O)NCCc2cccs2)CC1c1ccccc1F. The Bertz CT molecular complexity index is 775. The first-order valence-corrected chi connectivity index (χ1v) is 10.5. The number of nitrogens with one attached hydrogen (secondary N) is 1. The van der Waals surface area contributed by atoms with Crippen LogP contribution in [0, 0.1) is 5.82 Å². The Labute approximate surface area is 164 Å². The average molecular weight is 388 g/mol. The molecule has 0 bridgehead atoms. The molecule has 1 unspecified atom stereocenters. The molecule has 0 saturated carbocycles. The molecule has 144 valence electrons. The molecule has 1 aromatic heterocycles. The largest absolute Gasteiger partial charge is 0.351 e. The van der Waals surface area contributed by atoms with E-state index in [4.69, 9.17) is 0 Å². The third kappa shape index (κ3) is 5.16. The van der Waals surface area contributed by atoms with Crippen molar-refractivity contribution in [2.45, 2.75) is 45.1 Å². The van der Waals surface area contributed by atoms with Crippen LogP contribution in [0.2, 0.25) is 0 Å². The van der Waals surface area contributed by atoms with Crippen molar-refractivity contribution in [3.05, 3.63) is 58.0 Å². The Morgan fingerprint density at radius 3 is 2.89 bits per heavy atom. The van der Waals surface area contributed by atoms with Gasteiger partial charge < -0.3 is 5.32 Å². The number of amides is 1. The van der Waals surface area contributed by atoms with Crippen LogP contribution in [0.25, 0.3) is 0 Å². The lowest BCUT2D eigenvalue weighted by Crippen LogP contribution is -2.31. The van der Waals surface area contributed by atoms with Gasteiger partial charge in [0.25, 0.3) is 5.91 Å². The molecule has 1 aliphatic heterocycles. The molecular formula is C21H26FN3OS. The molecule has 1 aliphatic rings. The Morgan fingerprint density at radius 2 is 2.15 bits per heavy atom. The van der Waals surface area contributed by atoms with Crippen LogP contribution in [-0.4, -0.2) is 29.7 Å². The molecule has 0 radical (unpaired) electrons. The van der Waals surface area contributed by atoms with Gasteiger partial charge in [0.1, 0.15) is 11.5 Å². The highest BCUT2D eigenvalue weighted by Crippen LogP contribution is 2.32. The lowest BCUT2D eigenvalue weighted by Gasteiger charge is -2.24. The fourth-order valence-corrected chi connectivity index (χ4v) is 4.00. The second-order valence-corrected chi connectivity index (χ2v) is 7.78. The predicted molar refractivity (Wildman–Crippen MR) is 108 cm³/mol. The van der Waals surface area contributed by atoms with Crippen molar-refractivity contribution < 1.29 is 9.18 Å². The topological polar surface area (TPSA) is 44.7 Å². The first kappa shape index (κ1) is 19.5. The van der Waals surface area contributed by atoms with E-state index in [0.29, 0.717) is 24.2 Å². The number of hydrogen-bond donors (Lipinski definition) is 1. The number of thiophene rings is 1. The first-order valence-electron chi connectivity index (χ1n) is 9.58. The Kier molecular flexibility index (Phi) is 6.98. The van der Waals surface area contributed by atoms with Gasteiger partial charge in [-0.3, -0.25) is 9.80 Å². The standard InChI is InChI=1S/C21H26FN3OS/c1-2-3-6-13-25-20(17-9-4-5-10-18(17)22)15-19(24-25)21(26)23-12-11-16-8-7-14-27-16/h4-5,7-10,14,20H,2-3,6,11-13,15H2,1H3,(H,23,26). The summed E-state index contributed by atoms with van der Waals surface area (Å²) in [5.74, 6) is -0.386. The molecule has 0 fully saturated rings. The van der Waals surface area contributed by atoms with E-state index in [1.54, 1.807) is 23.5 Å². The lowest BCUT2D eigenvalue weighted by atomic mass is 10.0. The fraction of sp³-hybridized carbons (Fsp3) is 0.429. The second kappa shape index (κ2) is 9.65. The fourth-order valence-electron chi connectivity index (χ4n) is 3.29. The number of rotatable bonds is 9. The number of hydrazone groups is 1. The minimum absolute atomic E-state index is 0.147. The second-order valence-electron chi connectivity index (χ2n) is 6.74. The summed E-state index contributed by atoms with van der Waals surface area (Å²) < 4.78 is 14.3. The van der Waals surface area contributed by atoms with E-state index in [0.717, 1.165) is 32.2 Å². The highest BCUT2D eigenvalue weighted by molar-refractivity contribution is 7.09. The molecule has 0 aliphatic carbocycles. The molecule has 2 heterocycles. The molecular weight excluding hydrogens is 361 g/mol. The molecule has 1 atom stereocenters. The smallest absolute Gasteiger partial charge is 0.267 e. The number of unbranched alkanes of at least 4 members (excludes halogenated alkanes) is 2. The minimum Gasteiger partial charge on any atom is -0.351 e. The van der Waals surface area contributed by atoms with Crippen LogP contribution >= 0.6 is 11.3 Å². The van der Waals surface area contributed by atoms with Crippen molar-refractivity contribution in [2.75, 3.05) is 13.1 Å². The predicted octanol–water partition coefficient (Wildman–Crippen LogP) is 4.54. The summed E-state index contributed by atoms with van der Waals surface area (Å²) in [4.78, 5) is 13.8. The third-order valence-corrected chi connectivity index (χ3v) is 5.69. The molecule has 4 nitrogen and oxygen atoms in total. The molecule has 1 amide bonds. The van der Waals surface area contributed by atoms with Gasteiger partial charge in [0, 0.05) is 30.0 Å². The van der Waals surface area contributed by atoms with E-state index < -0.39 is 0 Å². The van der Waals surface area contributed by atoms with Crippen LogP contribution in [0.1, 0.15) is 49.1 Å². The summed E-state index contributed by atoms with van der Waals surface area (Å²) in [7, 11) is 0. The minimum atomic E-state index is -0.238. The van der Waals surface area contributed by atoms with Gasteiger partial charge in [-0.15, -0.1) is 11.3 Å². The van der Waals surface area contributed by atoms with Gasteiger partial charge in [-0.05, 0) is 30.4 Å². The van der Waals surface area contributed by atoms with Crippen LogP contribution in [0.4, 0.5) is 4.39 Å². The molecule has 0 saturated heterocycles. The van der Waals surface area contributed by atoms with Crippen molar-refractivity contribution in [1.29, 1.82) is 0 Å². The van der Waals surface area contributed by atoms with Crippen LogP contribution in [0.3, 0.4) is 0 Å². The quantitative estimate of drug-likeness (QED) is 0.642. The maximum Gasteiger partial charge on any atom is 0.267 e. The van der Waals surface area contributed by atoms with E-state index in [9.17, 15) is 9.18 Å². The summed E-state index contributed by atoms with van der Waals surface area (Å²) in [5, 5.41) is 11.4. The molecule has 6 heteroatoms. The van der Waals surface area contributed by atoms with Crippen molar-refractivity contribution >= 4 is 23.0 Å². The van der Waals surface area contributed by atoms with E-state index in [-0.39, 0.29) is 17.8 Å². The van der Waals surface area contributed by atoms with Crippen molar-refractivity contribution in [3.8, 4) is 0 Å². The van der Waals surface area contributed by atoms with Crippen LogP contribution in [-0.2, 0) is 11.2 Å². The molecule has 3 rings (SSSR count). The average Bonchev–Trinajstić information content (AvgIpc) is 3.32. The highest BCUT2D eigenvalue weighted by Gasteiger charge is 2.32. The van der Waals surface area contributed by atoms with Gasteiger partial charge in [-0.1, -0.05) is 44.0 Å². The lowest BCUT2D eigenvalue weighted by molar-refractivity contribution is -0.114. The van der Waals surface area contributed by atoms with Gasteiger partial charge in [-0.25, -0.2) is 4.39 Å². The molecule has 1 aromatic carbocycles. The normalized spacial score (nSPS) is 16.4. The zero-order chi connectivity index (χ0) is 19.1. The van der Waals surface area contributed by atoms with Crippen LogP contribution in [0.15, 0.2) is 46.9 Å². The maximum absolute atomic E-state index is 14.3. The van der Waals surface area contributed by atoms with Gasteiger partial charge in [0.2, 0.25) is 0 Å². The molecule has 1 N–H and O–H groups in total. The number of nitrogens with zero attached hydrogens (tertiary/aromatic N) is 2. The monoisotopic (exact) mass is 387 g/mol. The zero-order valence-electron chi connectivity index (χ0n) is 15.7. The van der Waals surface area contributed by atoms with Gasteiger partial charge in [-0.2, -0.15) is 5.10 Å². The van der Waals surface area contributed by atoms with E-state index >= 15 is 0 Å². The number of carbonyl (C=O) groups excluding carboxylic acids is 1. The number of halogens is 1. The van der Waals surface area contributed by atoms with Crippen LogP contribution in [0.5, 0.6) is 0 Å². The Hall–Kier alpha value is -2.21. The first-order chi connectivity index (χ1) is 13.2. The number of carbonyl (C=O) groups is 1. The summed E-state index contributed by atoms with van der Waals surface area (Å²) in [6.07, 6.45) is 4.44. The van der Waals surface area contributed by atoms with Crippen LogP contribution < -0.4 is 5.32 Å². The van der Waals surface area contributed by atoms with E-state index in [1.807, 2.05) is 22.5 Å².